The molecular formula is C25H44N6O. The van der Waals surface area contributed by atoms with Gasteiger partial charge in [-0.2, -0.15) is 0 Å². The number of guanidine groups is 1. The lowest BCUT2D eigenvalue weighted by Crippen LogP contribution is -2.48. The number of likely N-dealkylation sites (N-methyl/N-ethyl adjacent to an activating group) is 1. The van der Waals surface area contributed by atoms with Gasteiger partial charge in [-0.05, 0) is 56.6 Å². The van der Waals surface area contributed by atoms with Gasteiger partial charge < -0.3 is 25.2 Å². The van der Waals surface area contributed by atoms with Crippen molar-refractivity contribution in [2.75, 3.05) is 80.1 Å². The number of ether oxygens (including phenoxy) is 1. The number of rotatable bonds is 9. The number of piperazine rings is 1. The maximum Gasteiger partial charge on any atom is 0.191 e. The van der Waals surface area contributed by atoms with E-state index in [1.165, 1.54) is 51.0 Å². The third-order valence-electron chi connectivity index (χ3n) is 6.80. The number of nitrogens with zero attached hydrogens (tertiary/aromatic N) is 4. The monoisotopic (exact) mass is 444 g/mol. The molecule has 2 heterocycles. The molecule has 0 spiro atoms. The van der Waals surface area contributed by atoms with Crippen LogP contribution in [0.15, 0.2) is 29.3 Å². The van der Waals surface area contributed by atoms with E-state index in [4.69, 9.17) is 4.74 Å². The lowest BCUT2D eigenvalue weighted by atomic mass is 10.0. The fraction of sp³-hybridized carbons (Fsp3) is 0.720. The minimum Gasteiger partial charge on any atom is -0.497 e. The molecular weight excluding hydrogens is 400 g/mol. The number of piperidine rings is 1. The summed E-state index contributed by atoms with van der Waals surface area (Å²) in [5, 5.41) is 7.16. The third kappa shape index (κ3) is 7.64. The summed E-state index contributed by atoms with van der Waals surface area (Å²) in [6.45, 7) is 12.3. The maximum absolute atomic E-state index is 5.36. The molecule has 0 bridgehead atoms. The predicted octanol–water partition coefficient (Wildman–Crippen LogP) is 2.27. The quantitative estimate of drug-likeness (QED) is 0.450. The summed E-state index contributed by atoms with van der Waals surface area (Å²) in [6, 6.07) is 8.88. The molecule has 7 heteroatoms. The van der Waals surface area contributed by atoms with Crippen molar-refractivity contribution in [2.45, 2.75) is 32.2 Å². The van der Waals surface area contributed by atoms with Gasteiger partial charge in [-0.1, -0.05) is 25.5 Å². The molecule has 0 aliphatic carbocycles. The molecule has 32 heavy (non-hydrogen) atoms. The number of methoxy groups -OCH3 is 1. The van der Waals surface area contributed by atoms with Crippen molar-refractivity contribution in [3.63, 3.8) is 0 Å². The minimum atomic E-state index is 0.336. The van der Waals surface area contributed by atoms with Crippen LogP contribution in [-0.4, -0.2) is 101 Å². The van der Waals surface area contributed by atoms with Crippen LogP contribution in [0, 0.1) is 5.92 Å². The molecule has 2 fully saturated rings. The lowest BCUT2D eigenvalue weighted by molar-refractivity contribution is 0.139. The Kier molecular flexibility index (Phi) is 10.1. The fourth-order valence-electron chi connectivity index (χ4n) is 4.73. The van der Waals surface area contributed by atoms with Crippen molar-refractivity contribution < 1.29 is 4.74 Å². The molecule has 2 saturated heterocycles. The van der Waals surface area contributed by atoms with Gasteiger partial charge in [0.05, 0.1) is 13.2 Å². The molecule has 2 atom stereocenters. The first-order valence-corrected chi connectivity index (χ1v) is 12.3. The molecule has 2 aliphatic heterocycles. The standard InChI is InChI=1S/C25H44N6O/c1-21(20-30-16-14-29(3)15-17-30)18-27-25(26-2)28-19-24(31-12-6-5-7-13-31)22-8-10-23(32-4)11-9-22/h8-11,21,24H,5-7,12-20H2,1-4H3,(H2,26,27,28). The van der Waals surface area contributed by atoms with Gasteiger partial charge in [0.2, 0.25) is 0 Å². The van der Waals surface area contributed by atoms with Crippen LogP contribution in [0.4, 0.5) is 0 Å². The van der Waals surface area contributed by atoms with Crippen molar-refractivity contribution in [1.29, 1.82) is 0 Å². The van der Waals surface area contributed by atoms with Crippen LogP contribution in [0.1, 0.15) is 37.8 Å². The second-order valence-corrected chi connectivity index (χ2v) is 9.43. The number of benzene rings is 1. The molecule has 2 unspecified atom stereocenters. The molecule has 180 valence electrons. The van der Waals surface area contributed by atoms with Crippen LogP contribution in [0.5, 0.6) is 5.75 Å². The van der Waals surface area contributed by atoms with Gasteiger partial charge >= 0.3 is 0 Å². The van der Waals surface area contributed by atoms with Gasteiger partial charge in [-0.3, -0.25) is 9.89 Å². The Labute approximate surface area is 195 Å². The van der Waals surface area contributed by atoms with E-state index in [0.29, 0.717) is 12.0 Å². The zero-order valence-electron chi connectivity index (χ0n) is 20.6. The van der Waals surface area contributed by atoms with Crippen LogP contribution in [0.3, 0.4) is 0 Å². The SMILES string of the molecule is CN=C(NCC(C)CN1CCN(C)CC1)NCC(c1ccc(OC)cc1)N1CCCCC1. The summed E-state index contributed by atoms with van der Waals surface area (Å²) in [7, 11) is 5.80. The van der Waals surface area contributed by atoms with E-state index in [2.05, 4.69) is 68.6 Å². The van der Waals surface area contributed by atoms with Crippen molar-refractivity contribution >= 4 is 5.96 Å². The summed E-state index contributed by atoms with van der Waals surface area (Å²) < 4.78 is 5.36. The van der Waals surface area contributed by atoms with E-state index >= 15 is 0 Å². The van der Waals surface area contributed by atoms with Crippen LogP contribution in [-0.2, 0) is 0 Å². The van der Waals surface area contributed by atoms with Gasteiger partial charge in [0.25, 0.3) is 0 Å². The van der Waals surface area contributed by atoms with E-state index in [9.17, 15) is 0 Å². The third-order valence-corrected chi connectivity index (χ3v) is 6.80. The van der Waals surface area contributed by atoms with Gasteiger partial charge in [-0.15, -0.1) is 0 Å². The first kappa shape index (κ1) is 24.8. The second-order valence-electron chi connectivity index (χ2n) is 9.43. The summed E-state index contributed by atoms with van der Waals surface area (Å²) in [5.74, 6) is 2.38. The van der Waals surface area contributed by atoms with Crippen molar-refractivity contribution in [2.24, 2.45) is 10.9 Å². The number of hydrogen-bond donors (Lipinski definition) is 2. The summed E-state index contributed by atoms with van der Waals surface area (Å²) in [5.41, 5.74) is 1.33. The highest BCUT2D eigenvalue weighted by Gasteiger charge is 2.23. The molecule has 7 nitrogen and oxygen atoms in total. The number of nitrogens with one attached hydrogen (secondary N) is 2. The Morgan fingerprint density at radius 2 is 1.62 bits per heavy atom. The Balaban J connectivity index is 1.51. The predicted molar refractivity (Wildman–Crippen MR) is 134 cm³/mol. The van der Waals surface area contributed by atoms with Gasteiger partial charge in [0.1, 0.15) is 5.75 Å². The van der Waals surface area contributed by atoms with Crippen LogP contribution >= 0.6 is 0 Å². The van der Waals surface area contributed by atoms with E-state index in [0.717, 1.165) is 44.4 Å². The second kappa shape index (κ2) is 13.0. The zero-order chi connectivity index (χ0) is 22.8. The molecule has 1 aromatic carbocycles. The first-order chi connectivity index (χ1) is 15.6. The zero-order valence-corrected chi connectivity index (χ0v) is 20.6. The number of hydrogen-bond acceptors (Lipinski definition) is 5. The van der Waals surface area contributed by atoms with Crippen LogP contribution in [0.25, 0.3) is 0 Å². The Hall–Kier alpha value is -1.83. The smallest absolute Gasteiger partial charge is 0.191 e. The lowest BCUT2D eigenvalue weighted by Gasteiger charge is -2.35. The van der Waals surface area contributed by atoms with E-state index in [1.807, 2.05) is 7.05 Å². The highest BCUT2D eigenvalue weighted by atomic mass is 16.5. The summed E-state index contributed by atoms with van der Waals surface area (Å²) in [6.07, 6.45) is 3.90. The molecule has 2 aliphatic rings. The summed E-state index contributed by atoms with van der Waals surface area (Å²) in [4.78, 5) is 12.1. The summed E-state index contributed by atoms with van der Waals surface area (Å²) >= 11 is 0. The number of likely N-dealkylation sites (tertiary alicyclic amines) is 1. The first-order valence-electron chi connectivity index (χ1n) is 12.3. The topological polar surface area (TPSA) is 55.4 Å². The fourth-order valence-corrected chi connectivity index (χ4v) is 4.73. The van der Waals surface area contributed by atoms with Crippen molar-refractivity contribution in [3.8, 4) is 5.75 Å². The van der Waals surface area contributed by atoms with Gasteiger partial charge in [0, 0.05) is 52.9 Å². The average molecular weight is 445 g/mol. The molecule has 0 amide bonds. The van der Waals surface area contributed by atoms with E-state index < -0.39 is 0 Å². The highest BCUT2D eigenvalue weighted by Crippen LogP contribution is 2.25. The van der Waals surface area contributed by atoms with Crippen LogP contribution in [0.2, 0.25) is 0 Å². The average Bonchev–Trinajstić information content (AvgIpc) is 2.83. The molecule has 3 rings (SSSR count). The normalized spacial score (nSPS) is 21.2. The molecule has 2 N–H and O–H groups in total. The Bertz CT molecular complexity index is 680. The number of aliphatic imine (C=N–C) groups is 1. The van der Waals surface area contributed by atoms with Crippen molar-refractivity contribution in [3.05, 3.63) is 29.8 Å². The largest absolute Gasteiger partial charge is 0.497 e. The van der Waals surface area contributed by atoms with Crippen LogP contribution < -0.4 is 15.4 Å². The van der Waals surface area contributed by atoms with Gasteiger partial charge in [0.15, 0.2) is 5.96 Å². The van der Waals surface area contributed by atoms with Gasteiger partial charge in [-0.25, -0.2) is 0 Å². The molecule has 1 aromatic rings. The van der Waals surface area contributed by atoms with E-state index in [1.54, 1.807) is 7.11 Å². The molecule has 0 aromatic heterocycles. The Morgan fingerprint density at radius 3 is 2.25 bits per heavy atom. The minimum absolute atomic E-state index is 0.336. The van der Waals surface area contributed by atoms with E-state index in [-0.39, 0.29) is 0 Å². The molecule has 0 saturated carbocycles. The maximum atomic E-state index is 5.36. The Morgan fingerprint density at radius 1 is 0.969 bits per heavy atom. The molecule has 0 radical (unpaired) electrons. The highest BCUT2D eigenvalue weighted by molar-refractivity contribution is 5.79. The van der Waals surface area contributed by atoms with Crippen molar-refractivity contribution in [1.82, 2.24) is 25.3 Å².